The average molecular weight is 253 g/mol. The van der Waals surface area contributed by atoms with Crippen molar-refractivity contribution in [1.29, 1.82) is 0 Å². The number of hydrogen-bond acceptors (Lipinski definition) is 4. The third kappa shape index (κ3) is 3.20. The summed E-state index contributed by atoms with van der Waals surface area (Å²) in [5.41, 5.74) is 1.10. The summed E-state index contributed by atoms with van der Waals surface area (Å²) in [4.78, 5) is 4.56. The molecule has 0 saturated carbocycles. The second-order valence-electron chi connectivity index (χ2n) is 3.58. The highest BCUT2D eigenvalue weighted by Gasteiger charge is 2.02. The number of benzene rings is 1. The van der Waals surface area contributed by atoms with Gasteiger partial charge in [0.2, 0.25) is 0 Å². The van der Waals surface area contributed by atoms with E-state index in [1.165, 1.54) is 4.70 Å². The summed E-state index contributed by atoms with van der Waals surface area (Å²) in [7, 11) is 0. The van der Waals surface area contributed by atoms with Crippen molar-refractivity contribution in [3.05, 3.63) is 24.3 Å². The summed E-state index contributed by atoms with van der Waals surface area (Å²) in [5.74, 6) is 1.10. The van der Waals surface area contributed by atoms with Gasteiger partial charge >= 0.3 is 0 Å². The molecule has 0 amide bonds. The molecule has 16 heavy (non-hydrogen) atoms. The Morgan fingerprint density at radius 1 is 1.19 bits per heavy atom. The highest BCUT2D eigenvalue weighted by molar-refractivity contribution is 8.01. The third-order valence-electron chi connectivity index (χ3n) is 2.30. The number of para-hydroxylation sites is 1. The maximum atomic E-state index is 8.66. The highest BCUT2D eigenvalue weighted by atomic mass is 32.2. The monoisotopic (exact) mass is 253 g/mol. The number of rotatable bonds is 6. The topological polar surface area (TPSA) is 33.1 Å². The van der Waals surface area contributed by atoms with Crippen LogP contribution in [0.5, 0.6) is 0 Å². The summed E-state index contributed by atoms with van der Waals surface area (Å²) < 4.78 is 2.42. The summed E-state index contributed by atoms with van der Waals surface area (Å²) in [6.07, 6.45) is 3.18. The van der Waals surface area contributed by atoms with Gasteiger partial charge in [0, 0.05) is 12.4 Å². The normalized spacial score (nSPS) is 11.1. The molecule has 0 fully saturated rings. The molecule has 0 saturated heterocycles. The molecular weight excluding hydrogens is 238 g/mol. The maximum absolute atomic E-state index is 8.66. The number of hydrogen-bond donors (Lipinski definition) is 1. The van der Waals surface area contributed by atoms with Crippen LogP contribution in [0.3, 0.4) is 0 Å². The molecule has 0 atom stereocenters. The van der Waals surface area contributed by atoms with Gasteiger partial charge in [-0.25, -0.2) is 4.98 Å². The Kier molecular flexibility index (Phi) is 4.63. The molecule has 4 heteroatoms. The minimum absolute atomic E-state index is 0.311. The van der Waals surface area contributed by atoms with Crippen LogP contribution in [0.4, 0.5) is 0 Å². The lowest BCUT2D eigenvalue weighted by Gasteiger charge is -1.96. The van der Waals surface area contributed by atoms with Crippen molar-refractivity contribution in [3.63, 3.8) is 0 Å². The lowest BCUT2D eigenvalue weighted by Crippen LogP contribution is -1.84. The zero-order valence-corrected chi connectivity index (χ0v) is 10.7. The van der Waals surface area contributed by atoms with Crippen molar-refractivity contribution in [2.24, 2.45) is 0 Å². The van der Waals surface area contributed by atoms with Crippen LogP contribution in [0.1, 0.15) is 19.3 Å². The van der Waals surface area contributed by atoms with Gasteiger partial charge in [-0.2, -0.15) is 0 Å². The van der Waals surface area contributed by atoms with Crippen LogP contribution in [0.25, 0.3) is 10.2 Å². The summed E-state index contributed by atoms with van der Waals surface area (Å²) in [6, 6.07) is 8.25. The minimum Gasteiger partial charge on any atom is -0.396 e. The van der Waals surface area contributed by atoms with Crippen LogP contribution >= 0.6 is 23.1 Å². The Morgan fingerprint density at radius 2 is 2.06 bits per heavy atom. The van der Waals surface area contributed by atoms with E-state index in [0.717, 1.165) is 34.9 Å². The first kappa shape index (κ1) is 11.9. The van der Waals surface area contributed by atoms with Gasteiger partial charge in [-0.1, -0.05) is 30.3 Å². The average Bonchev–Trinajstić information content (AvgIpc) is 2.71. The van der Waals surface area contributed by atoms with Crippen molar-refractivity contribution >= 4 is 33.3 Å². The number of fused-ring (bicyclic) bond motifs is 1. The standard InChI is InChI=1S/C12H15NOS2/c14-8-4-1-5-9-15-12-13-10-6-2-3-7-11(10)16-12/h2-3,6-7,14H,1,4-5,8-9H2. The van der Waals surface area contributed by atoms with E-state index in [4.69, 9.17) is 5.11 Å². The molecule has 0 radical (unpaired) electrons. The van der Waals surface area contributed by atoms with Gasteiger partial charge in [-0.3, -0.25) is 0 Å². The Morgan fingerprint density at radius 3 is 2.88 bits per heavy atom. The first-order chi connectivity index (χ1) is 7.90. The van der Waals surface area contributed by atoms with Crippen LogP contribution in [0.15, 0.2) is 28.6 Å². The van der Waals surface area contributed by atoms with Gasteiger partial charge in [0.05, 0.1) is 10.2 Å². The molecule has 1 N–H and O–H groups in total. The highest BCUT2D eigenvalue weighted by Crippen LogP contribution is 2.29. The molecule has 1 aromatic carbocycles. The van der Waals surface area contributed by atoms with Crippen molar-refractivity contribution in [1.82, 2.24) is 4.98 Å². The molecule has 0 bridgehead atoms. The van der Waals surface area contributed by atoms with E-state index < -0.39 is 0 Å². The van der Waals surface area contributed by atoms with Crippen LogP contribution in [0, 0.1) is 0 Å². The number of unbranched alkanes of at least 4 members (excludes halogenated alkanes) is 2. The fraction of sp³-hybridized carbons (Fsp3) is 0.417. The summed E-state index contributed by atoms with van der Waals surface area (Å²) in [6.45, 7) is 0.311. The molecule has 2 nitrogen and oxygen atoms in total. The largest absolute Gasteiger partial charge is 0.396 e. The van der Waals surface area contributed by atoms with E-state index in [1.54, 1.807) is 11.3 Å². The van der Waals surface area contributed by atoms with Crippen LogP contribution in [-0.2, 0) is 0 Å². The number of aliphatic hydroxyl groups excluding tert-OH is 1. The Labute approximate surface area is 104 Å². The zero-order chi connectivity index (χ0) is 11.2. The summed E-state index contributed by atoms with van der Waals surface area (Å²) in [5, 5.41) is 8.66. The van der Waals surface area contributed by atoms with Gasteiger partial charge in [0.1, 0.15) is 0 Å². The van der Waals surface area contributed by atoms with Crippen LogP contribution in [0.2, 0.25) is 0 Å². The molecular formula is C12H15NOS2. The van der Waals surface area contributed by atoms with Crippen molar-refractivity contribution in [2.75, 3.05) is 12.4 Å². The fourth-order valence-corrected chi connectivity index (χ4v) is 3.60. The van der Waals surface area contributed by atoms with Crippen LogP contribution < -0.4 is 0 Å². The molecule has 0 unspecified atom stereocenters. The number of aromatic nitrogens is 1. The lowest BCUT2D eigenvalue weighted by atomic mass is 10.3. The van der Waals surface area contributed by atoms with E-state index in [2.05, 4.69) is 23.2 Å². The molecule has 0 aliphatic rings. The Bertz CT molecular complexity index is 408. The third-order valence-corrected chi connectivity index (χ3v) is 4.57. The van der Waals surface area contributed by atoms with Crippen molar-refractivity contribution in [3.8, 4) is 0 Å². The number of thiazole rings is 1. The maximum Gasteiger partial charge on any atom is 0.151 e. The molecule has 2 rings (SSSR count). The van der Waals surface area contributed by atoms with E-state index in [9.17, 15) is 0 Å². The SMILES string of the molecule is OCCCCCSc1nc2ccccc2s1. The number of aliphatic hydroxyl groups is 1. The fourth-order valence-electron chi connectivity index (χ4n) is 1.46. The quantitative estimate of drug-likeness (QED) is 0.631. The molecule has 2 aromatic rings. The van der Waals surface area contributed by atoms with E-state index in [0.29, 0.717) is 6.61 Å². The van der Waals surface area contributed by atoms with E-state index in [1.807, 2.05) is 17.8 Å². The molecule has 86 valence electrons. The van der Waals surface area contributed by atoms with Gasteiger partial charge < -0.3 is 5.11 Å². The number of nitrogens with zero attached hydrogens (tertiary/aromatic N) is 1. The molecule has 0 aliphatic carbocycles. The second-order valence-corrected chi connectivity index (χ2v) is 5.95. The zero-order valence-electron chi connectivity index (χ0n) is 9.06. The molecule has 0 spiro atoms. The van der Waals surface area contributed by atoms with Gasteiger partial charge in [0.25, 0.3) is 0 Å². The van der Waals surface area contributed by atoms with Crippen molar-refractivity contribution < 1.29 is 5.11 Å². The first-order valence-electron chi connectivity index (χ1n) is 5.49. The predicted octanol–water partition coefficient (Wildman–Crippen LogP) is 3.55. The smallest absolute Gasteiger partial charge is 0.151 e. The van der Waals surface area contributed by atoms with Gasteiger partial charge in [-0.15, -0.1) is 11.3 Å². The Hall–Kier alpha value is -0.580. The van der Waals surface area contributed by atoms with Gasteiger partial charge in [0.15, 0.2) is 4.34 Å². The van der Waals surface area contributed by atoms with E-state index in [-0.39, 0.29) is 0 Å². The first-order valence-corrected chi connectivity index (χ1v) is 7.29. The van der Waals surface area contributed by atoms with Crippen LogP contribution in [-0.4, -0.2) is 22.5 Å². The Balaban J connectivity index is 1.85. The van der Waals surface area contributed by atoms with Gasteiger partial charge in [-0.05, 0) is 25.0 Å². The second kappa shape index (κ2) is 6.23. The summed E-state index contributed by atoms with van der Waals surface area (Å²) >= 11 is 3.59. The van der Waals surface area contributed by atoms with Crippen molar-refractivity contribution in [2.45, 2.75) is 23.6 Å². The predicted molar refractivity (Wildman–Crippen MR) is 71.3 cm³/mol. The number of thioether (sulfide) groups is 1. The molecule has 1 aromatic heterocycles. The lowest BCUT2D eigenvalue weighted by molar-refractivity contribution is 0.284. The molecule has 1 heterocycles. The minimum atomic E-state index is 0.311. The van der Waals surface area contributed by atoms with E-state index >= 15 is 0 Å². The molecule has 0 aliphatic heterocycles.